The molecule has 0 unspecified atom stereocenters. The second-order valence-electron chi connectivity index (χ2n) is 6.98. The number of aryl methyl sites for hydroxylation is 1. The van der Waals surface area contributed by atoms with E-state index in [1.165, 1.54) is 28.8 Å². The fourth-order valence-electron chi connectivity index (χ4n) is 3.10. The Bertz CT molecular complexity index is 1360. The predicted molar refractivity (Wildman–Crippen MR) is 122 cm³/mol. The van der Waals surface area contributed by atoms with Gasteiger partial charge in [-0.1, -0.05) is 23.9 Å². The van der Waals surface area contributed by atoms with Crippen LogP contribution in [0.25, 0.3) is 16.7 Å². The van der Waals surface area contributed by atoms with E-state index in [4.69, 9.17) is 0 Å². The van der Waals surface area contributed by atoms with E-state index in [0.29, 0.717) is 27.6 Å². The molecule has 0 fully saturated rings. The van der Waals surface area contributed by atoms with Crippen molar-refractivity contribution >= 4 is 34.3 Å². The van der Waals surface area contributed by atoms with Crippen molar-refractivity contribution in [2.45, 2.75) is 18.7 Å². The van der Waals surface area contributed by atoms with Gasteiger partial charge in [-0.15, -0.1) is 0 Å². The lowest BCUT2D eigenvalue weighted by Gasteiger charge is -2.13. The van der Waals surface area contributed by atoms with Crippen LogP contribution in [0.2, 0.25) is 0 Å². The lowest BCUT2D eigenvalue weighted by atomic mass is 10.2. The smallest absolute Gasteiger partial charge is 0.387 e. The highest BCUT2D eigenvalue weighted by molar-refractivity contribution is 7.99. The third-order valence-electron chi connectivity index (χ3n) is 4.57. The Kier molecular flexibility index (Phi) is 6.64. The number of amides is 1. The van der Waals surface area contributed by atoms with Crippen molar-refractivity contribution in [1.82, 2.24) is 14.5 Å². The van der Waals surface area contributed by atoms with Gasteiger partial charge in [-0.05, 0) is 61.0 Å². The van der Waals surface area contributed by atoms with E-state index in [0.717, 1.165) is 17.3 Å². The van der Waals surface area contributed by atoms with Crippen LogP contribution in [0.5, 0.6) is 5.75 Å². The number of ether oxygens (including phenoxy) is 1. The number of benzene rings is 2. The number of hydrogen-bond donors (Lipinski definition) is 1. The average molecular weight is 468 g/mol. The summed E-state index contributed by atoms with van der Waals surface area (Å²) >= 11 is 1.09. The third-order valence-corrected chi connectivity index (χ3v) is 5.51. The Hall–Kier alpha value is -3.79. The number of aromatic nitrogens is 3. The third kappa shape index (κ3) is 5.35. The van der Waals surface area contributed by atoms with Gasteiger partial charge >= 0.3 is 6.61 Å². The van der Waals surface area contributed by atoms with Crippen molar-refractivity contribution in [1.29, 1.82) is 0 Å². The van der Waals surface area contributed by atoms with Gasteiger partial charge in [0.2, 0.25) is 5.91 Å². The minimum Gasteiger partial charge on any atom is -0.435 e. The maximum absolute atomic E-state index is 13.2. The summed E-state index contributed by atoms with van der Waals surface area (Å²) < 4.78 is 30.2. The van der Waals surface area contributed by atoms with Gasteiger partial charge in [0.15, 0.2) is 5.16 Å². The van der Waals surface area contributed by atoms with Crippen molar-refractivity contribution in [3.8, 4) is 11.6 Å². The number of para-hydroxylation sites is 1. The predicted octanol–water partition coefficient (Wildman–Crippen LogP) is 4.42. The van der Waals surface area contributed by atoms with E-state index in [2.05, 4.69) is 20.0 Å². The molecule has 1 amide bonds. The summed E-state index contributed by atoms with van der Waals surface area (Å²) in [6.07, 6.45) is 1.61. The van der Waals surface area contributed by atoms with Gasteiger partial charge in [0.25, 0.3) is 5.56 Å². The van der Waals surface area contributed by atoms with Gasteiger partial charge in [0, 0.05) is 11.9 Å². The van der Waals surface area contributed by atoms with E-state index in [9.17, 15) is 18.4 Å². The van der Waals surface area contributed by atoms with Crippen molar-refractivity contribution in [2.75, 3.05) is 11.1 Å². The number of thioether (sulfide) groups is 1. The molecule has 0 aliphatic rings. The van der Waals surface area contributed by atoms with Crippen molar-refractivity contribution in [2.24, 2.45) is 0 Å². The zero-order chi connectivity index (χ0) is 23.4. The summed E-state index contributed by atoms with van der Waals surface area (Å²) in [6, 6.07) is 16.2. The number of rotatable bonds is 7. The summed E-state index contributed by atoms with van der Waals surface area (Å²) in [5, 5.41) is 3.45. The molecule has 10 heteroatoms. The van der Waals surface area contributed by atoms with Crippen molar-refractivity contribution < 1.29 is 18.3 Å². The number of nitrogens with one attached hydrogen (secondary N) is 1. The highest BCUT2D eigenvalue weighted by Gasteiger charge is 2.16. The number of nitrogens with zero attached hydrogens (tertiary/aromatic N) is 3. The molecule has 0 saturated carbocycles. The van der Waals surface area contributed by atoms with Crippen LogP contribution in [0.15, 0.2) is 76.8 Å². The van der Waals surface area contributed by atoms with Gasteiger partial charge < -0.3 is 10.1 Å². The number of anilines is 1. The summed E-state index contributed by atoms with van der Waals surface area (Å²) in [7, 11) is 0. The molecule has 0 saturated heterocycles. The molecule has 168 valence electrons. The largest absolute Gasteiger partial charge is 0.435 e. The molecular formula is C23H18F2N4O3S. The molecule has 2 aromatic carbocycles. The lowest BCUT2D eigenvalue weighted by molar-refractivity contribution is -0.113. The van der Waals surface area contributed by atoms with Gasteiger partial charge in [-0.2, -0.15) is 8.78 Å². The van der Waals surface area contributed by atoms with Crippen LogP contribution < -0.4 is 15.6 Å². The Morgan fingerprint density at radius 3 is 2.64 bits per heavy atom. The van der Waals surface area contributed by atoms with Crippen LogP contribution in [0, 0.1) is 6.92 Å². The maximum Gasteiger partial charge on any atom is 0.387 e. The number of alkyl halides is 2. The van der Waals surface area contributed by atoms with Crippen LogP contribution in [-0.2, 0) is 4.79 Å². The zero-order valence-electron chi connectivity index (χ0n) is 17.4. The molecule has 4 rings (SSSR count). The van der Waals surface area contributed by atoms with Crippen molar-refractivity contribution in [3.05, 3.63) is 82.8 Å². The molecule has 0 aliphatic carbocycles. The van der Waals surface area contributed by atoms with Crippen molar-refractivity contribution in [3.63, 3.8) is 0 Å². The average Bonchev–Trinajstić information content (AvgIpc) is 2.79. The Labute approximate surface area is 191 Å². The molecule has 0 spiro atoms. The fraction of sp³-hybridized carbons (Fsp3) is 0.130. The van der Waals surface area contributed by atoms with Crippen LogP contribution in [0.3, 0.4) is 0 Å². The highest BCUT2D eigenvalue weighted by atomic mass is 32.2. The first-order valence-electron chi connectivity index (χ1n) is 9.83. The minimum absolute atomic E-state index is 0.00703. The number of carbonyl (C=O) groups is 1. The quantitative estimate of drug-likeness (QED) is 0.319. The van der Waals surface area contributed by atoms with E-state index >= 15 is 0 Å². The Balaban J connectivity index is 1.57. The first-order valence-corrected chi connectivity index (χ1v) is 10.8. The number of fused-ring (bicyclic) bond motifs is 1. The summed E-state index contributed by atoms with van der Waals surface area (Å²) in [5.41, 5.74) is 1.58. The summed E-state index contributed by atoms with van der Waals surface area (Å²) in [4.78, 5) is 34.6. The van der Waals surface area contributed by atoms with E-state index in [1.807, 2.05) is 13.0 Å². The molecular weight excluding hydrogens is 450 g/mol. The molecule has 7 nitrogen and oxygen atoms in total. The van der Waals surface area contributed by atoms with Crippen LogP contribution >= 0.6 is 11.8 Å². The number of hydrogen-bond acceptors (Lipinski definition) is 6. The standard InChI is InChI=1S/C23H18F2N4O3S/c1-14-10-11-26-19(12-14)29-21(31)17-4-2-3-5-18(17)28-23(29)33-13-20(30)27-15-6-8-16(9-7-15)32-22(24)25/h2-12,22H,13H2,1H3,(H,27,30). The van der Waals surface area contributed by atoms with Crippen LogP contribution in [-0.4, -0.2) is 32.8 Å². The second-order valence-corrected chi connectivity index (χ2v) is 7.93. The second kappa shape index (κ2) is 9.78. The Morgan fingerprint density at radius 2 is 1.91 bits per heavy atom. The SMILES string of the molecule is Cc1ccnc(-n2c(SCC(=O)Nc3ccc(OC(F)F)cc3)nc3ccccc3c2=O)c1. The highest BCUT2D eigenvalue weighted by Crippen LogP contribution is 2.22. The molecule has 0 aliphatic heterocycles. The van der Waals surface area contributed by atoms with Gasteiger partial charge in [0.1, 0.15) is 11.6 Å². The normalized spacial score (nSPS) is 11.0. The molecule has 0 atom stereocenters. The van der Waals surface area contributed by atoms with E-state index in [-0.39, 0.29) is 23.0 Å². The van der Waals surface area contributed by atoms with E-state index < -0.39 is 6.61 Å². The monoisotopic (exact) mass is 468 g/mol. The maximum atomic E-state index is 13.2. The fourth-order valence-corrected chi connectivity index (χ4v) is 3.90. The molecule has 2 heterocycles. The van der Waals surface area contributed by atoms with Gasteiger partial charge in [-0.25, -0.2) is 14.5 Å². The summed E-state index contributed by atoms with van der Waals surface area (Å²) in [6.45, 7) is -1.03. The first kappa shape index (κ1) is 22.4. The lowest BCUT2D eigenvalue weighted by Crippen LogP contribution is -2.23. The van der Waals surface area contributed by atoms with Gasteiger partial charge in [0.05, 0.1) is 16.7 Å². The molecule has 4 aromatic rings. The molecule has 33 heavy (non-hydrogen) atoms. The number of pyridine rings is 1. The zero-order valence-corrected chi connectivity index (χ0v) is 18.2. The molecule has 2 aromatic heterocycles. The summed E-state index contributed by atoms with van der Waals surface area (Å²) in [5.74, 6) is 0.0168. The van der Waals surface area contributed by atoms with Crippen LogP contribution in [0.1, 0.15) is 5.56 Å². The minimum atomic E-state index is -2.92. The molecule has 0 radical (unpaired) electrons. The number of carbonyl (C=O) groups excluding carboxylic acids is 1. The number of halogens is 2. The van der Waals surface area contributed by atoms with Crippen LogP contribution in [0.4, 0.5) is 14.5 Å². The first-order chi connectivity index (χ1) is 15.9. The molecule has 0 bridgehead atoms. The van der Waals surface area contributed by atoms with Gasteiger partial charge in [-0.3, -0.25) is 9.59 Å². The topological polar surface area (TPSA) is 86.1 Å². The Morgan fingerprint density at radius 1 is 1.15 bits per heavy atom. The molecule has 1 N–H and O–H groups in total. The van der Waals surface area contributed by atoms with E-state index in [1.54, 1.807) is 36.5 Å².